The molecule has 1 aliphatic heterocycles. The molecule has 1 unspecified atom stereocenters. The monoisotopic (exact) mass is 336 g/mol. The summed E-state index contributed by atoms with van der Waals surface area (Å²) in [6, 6.07) is 1.85. The minimum absolute atomic E-state index is 0.164. The molecule has 6 heteroatoms. The Bertz CT molecular complexity index is 533. The number of nitrogens with one attached hydrogen (secondary N) is 1. The average Bonchev–Trinajstić information content (AvgIpc) is 2.99. The lowest BCUT2D eigenvalue weighted by Crippen LogP contribution is -2.43. The average molecular weight is 336 g/mol. The lowest BCUT2D eigenvalue weighted by Gasteiger charge is -2.31. The number of hydrogen-bond donors (Lipinski definition) is 2. The molecule has 2 heterocycles. The first-order valence-electron chi connectivity index (χ1n) is 9.17. The van der Waals surface area contributed by atoms with Gasteiger partial charge in [-0.3, -0.25) is 9.48 Å². The van der Waals surface area contributed by atoms with Crippen molar-refractivity contribution in [1.82, 2.24) is 20.0 Å². The minimum Gasteiger partial charge on any atom is -0.390 e. The number of hydrogen-bond acceptors (Lipinski definition) is 4. The molecule has 2 N–H and O–H groups in total. The minimum atomic E-state index is -0.537. The fourth-order valence-corrected chi connectivity index (χ4v) is 3.05. The lowest BCUT2D eigenvalue weighted by atomic mass is 9.99. The maximum absolute atomic E-state index is 12.4. The van der Waals surface area contributed by atoms with Gasteiger partial charge >= 0.3 is 0 Å². The fraction of sp³-hybridized carbons (Fsp3) is 0.778. The van der Waals surface area contributed by atoms with E-state index in [0.717, 1.165) is 24.7 Å². The summed E-state index contributed by atoms with van der Waals surface area (Å²) in [7, 11) is 0. The Hall–Kier alpha value is -1.40. The molecule has 1 saturated heterocycles. The number of amides is 1. The Morgan fingerprint density at radius 2 is 2.08 bits per heavy atom. The number of carbonyl (C=O) groups is 1. The van der Waals surface area contributed by atoms with Crippen molar-refractivity contribution in [3.63, 3.8) is 0 Å². The van der Waals surface area contributed by atoms with Gasteiger partial charge in [-0.25, -0.2) is 0 Å². The van der Waals surface area contributed by atoms with Crippen LogP contribution in [0.3, 0.4) is 0 Å². The van der Waals surface area contributed by atoms with Crippen molar-refractivity contribution in [1.29, 1.82) is 0 Å². The molecule has 1 aromatic rings. The molecule has 0 saturated carbocycles. The van der Waals surface area contributed by atoms with Crippen LogP contribution < -0.4 is 5.32 Å². The number of carbonyl (C=O) groups excluding carboxylic acids is 1. The maximum Gasteiger partial charge on any atom is 0.269 e. The second-order valence-electron chi connectivity index (χ2n) is 7.27. The SMILES string of the molecule is CCn1nc(C(C)C)cc1C(=O)NCC(O)CN1CCC(C)CC1. The van der Waals surface area contributed by atoms with E-state index in [2.05, 4.69) is 36.1 Å². The van der Waals surface area contributed by atoms with Crippen LogP contribution in [0.5, 0.6) is 0 Å². The molecular formula is C18H32N4O2. The quantitative estimate of drug-likeness (QED) is 0.797. The van der Waals surface area contributed by atoms with Gasteiger partial charge in [0, 0.05) is 19.6 Å². The highest BCUT2D eigenvalue weighted by Crippen LogP contribution is 2.16. The normalized spacial score (nSPS) is 18.1. The summed E-state index contributed by atoms with van der Waals surface area (Å²) in [6.45, 7) is 12.0. The number of nitrogens with zero attached hydrogens (tertiary/aromatic N) is 3. The smallest absolute Gasteiger partial charge is 0.269 e. The van der Waals surface area contributed by atoms with Crippen molar-refractivity contribution < 1.29 is 9.90 Å². The Morgan fingerprint density at radius 1 is 1.42 bits per heavy atom. The molecule has 1 fully saturated rings. The zero-order valence-corrected chi connectivity index (χ0v) is 15.5. The van der Waals surface area contributed by atoms with Gasteiger partial charge in [0.05, 0.1) is 11.8 Å². The Labute approximate surface area is 145 Å². The number of aliphatic hydroxyl groups excluding tert-OH is 1. The standard InChI is InChI=1S/C18H32N4O2/c1-5-22-17(10-16(20-22)13(2)3)18(24)19-11-15(23)12-21-8-6-14(4)7-9-21/h10,13-15,23H,5-9,11-12H2,1-4H3,(H,19,24). The first kappa shape index (κ1) is 18.9. The van der Waals surface area contributed by atoms with Gasteiger partial charge in [0.15, 0.2) is 0 Å². The summed E-state index contributed by atoms with van der Waals surface area (Å²) in [5.41, 5.74) is 1.49. The molecule has 0 spiro atoms. The molecule has 6 nitrogen and oxygen atoms in total. The number of β-amino-alcohol motifs (C(OH)–C–C–N with tert-alkyl or cyclic N) is 1. The predicted octanol–water partition coefficient (Wildman–Crippen LogP) is 1.85. The second kappa shape index (κ2) is 8.62. The third-order valence-electron chi connectivity index (χ3n) is 4.77. The summed E-state index contributed by atoms with van der Waals surface area (Å²) >= 11 is 0. The Kier molecular flexibility index (Phi) is 6.80. The van der Waals surface area contributed by atoms with Crippen molar-refractivity contribution >= 4 is 5.91 Å². The molecule has 1 amide bonds. The van der Waals surface area contributed by atoms with Crippen molar-refractivity contribution in [2.24, 2.45) is 5.92 Å². The highest BCUT2D eigenvalue weighted by molar-refractivity contribution is 5.92. The van der Waals surface area contributed by atoms with Crippen LogP contribution in [-0.2, 0) is 6.54 Å². The van der Waals surface area contributed by atoms with E-state index in [1.807, 2.05) is 13.0 Å². The number of aryl methyl sites for hydroxylation is 1. The zero-order valence-electron chi connectivity index (χ0n) is 15.5. The van der Waals surface area contributed by atoms with E-state index in [0.29, 0.717) is 18.8 Å². The Morgan fingerprint density at radius 3 is 2.67 bits per heavy atom. The van der Waals surface area contributed by atoms with E-state index >= 15 is 0 Å². The van der Waals surface area contributed by atoms with E-state index in [-0.39, 0.29) is 18.4 Å². The van der Waals surface area contributed by atoms with Gasteiger partial charge in [-0.1, -0.05) is 20.8 Å². The van der Waals surface area contributed by atoms with Crippen LogP contribution in [0.25, 0.3) is 0 Å². The van der Waals surface area contributed by atoms with Gasteiger partial charge < -0.3 is 15.3 Å². The molecule has 0 aliphatic carbocycles. The lowest BCUT2D eigenvalue weighted by molar-refractivity contribution is 0.0789. The summed E-state index contributed by atoms with van der Waals surface area (Å²) in [5, 5.41) is 17.5. The van der Waals surface area contributed by atoms with Crippen molar-refractivity contribution in [2.45, 2.75) is 59.1 Å². The third-order valence-corrected chi connectivity index (χ3v) is 4.77. The van der Waals surface area contributed by atoms with Gasteiger partial charge in [-0.15, -0.1) is 0 Å². The van der Waals surface area contributed by atoms with Crippen LogP contribution in [0.2, 0.25) is 0 Å². The van der Waals surface area contributed by atoms with Crippen LogP contribution in [0, 0.1) is 5.92 Å². The van der Waals surface area contributed by atoms with E-state index in [1.54, 1.807) is 4.68 Å². The highest BCUT2D eigenvalue weighted by atomic mass is 16.3. The molecule has 0 bridgehead atoms. The summed E-state index contributed by atoms with van der Waals surface area (Å²) in [6.07, 6.45) is 1.84. The number of piperidine rings is 1. The second-order valence-corrected chi connectivity index (χ2v) is 7.27. The Balaban J connectivity index is 1.84. The number of aromatic nitrogens is 2. The topological polar surface area (TPSA) is 70.4 Å². The largest absolute Gasteiger partial charge is 0.390 e. The van der Waals surface area contributed by atoms with Crippen LogP contribution >= 0.6 is 0 Å². The molecular weight excluding hydrogens is 304 g/mol. The van der Waals surface area contributed by atoms with Crippen LogP contribution in [0.4, 0.5) is 0 Å². The van der Waals surface area contributed by atoms with E-state index < -0.39 is 6.10 Å². The first-order chi connectivity index (χ1) is 11.4. The van der Waals surface area contributed by atoms with Gasteiger partial charge in [0.2, 0.25) is 0 Å². The molecule has 1 aromatic heterocycles. The van der Waals surface area contributed by atoms with E-state index in [9.17, 15) is 9.90 Å². The third kappa shape index (κ3) is 5.05. The van der Waals surface area contributed by atoms with Crippen molar-refractivity contribution in [3.8, 4) is 0 Å². The fourth-order valence-electron chi connectivity index (χ4n) is 3.05. The maximum atomic E-state index is 12.4. The first-order valence-corrected chi connectivity index (χ1v) is 9.17. The molecule has 0 aromatic carbocycles. The molecule has 24 heavy (non-hydrogen) atoms. The van der Waals surface area contributed by atoms with Crippen molar-refractivity contribution in [3.05, 3.63) is 17.5 Å². The highest BCUT2D eigenvalue weighted by Gasteiger charge is 2.20. The molecule has 0 radical (unpaired) electrons. The van der Waals surface area contributed by atoms with Crippen LogP contribution in [0.1, 0.15) is 62.6 Å². The van der Waals surface area contributed by atoms with Gasteiger partial charge in [-0.2, -0.15) is 5.10 Å². The predicted molar refractivity (Wildman–Crippen MR) is 95.2 cm³/mol. The summed E-state index contributed by atoms with van der Waals surface area (Å²) in [5.74, 6) is 0.904. The van der Waals surface area contributed by atoms with Crippen molar-refractivity contribution in [2.75, 3.05) is 26.2 Å². The molecule has 136 valence electrons. The van der Waals surface area contributed by atoms with Gasteiger partial charge in [0.25, 0.3) is 5.91 Å². The van der Waals surface area contributed by atoms with E-state index in [4.69, 9.17) is 0 Å². The van der Waals surface area contributed by atoms with Gasteiger partial charge in [-0.05, 0) is 50.8 Å². The zero-order chi connectivity index (χ0) is 17.7. The van der Waals surface area contributed by atoms with Gasteiger partial charge in [0.1, 0.15) is 5.69 Å². The number of likely N-dealkylation sites (tertiary alicyclic amines) is 1. The van der Waals surface area contributed by atoms with Crippen LogP contribution in [0.15, 0.2) is 6.07 Å². The molecule has 1 aliphatic rings. The van der Waals surface area contributed by atoms with Crippen LogP contribution in [-0.4, -0.2) is 58.0 Å². The summed E-state index contributed by atoms with van der Waals surface area (Å²) in [4.78, 5) is 14.7. The number of rotatable bonds is 7. The molecule has 2 rings (SSSR count). The van der Waals surface area contributed by atoms with E-state index in [1.165, 1.54) is 12.8 Å². The molecule has 1 atom stereocenters. The number of aliphatic hydroxyl groups is 1. The summed E-state index contributed by atoms with van der Waals surface area (Å²) < 4.78 is 1.73.